The molecule has 92 valence electrons. The van der Waals surface area contributed by atoms with Crippen LogP contribution in [-0.4, -0.2) is 10.8 Å². The second kappa shape index (κ2) is 5.01. The Balaban J connectivity index is 2.34. The van der Waals surface area contributed by atoms with E-state index < -0.39 is 5.82 Å². The zero-order valence-corrected chi connectivity index (χ0v) is 9.91. The van der Waals surface area contributed by atoms with E-state index in [1.165, 1.54) is 18.3 Å². The quantitative estimate of drug-likeness (QED) is 0.662. The standard InChI is InChI=1S/C12H9ClFN3O/c13-9-4-3-7(6-10(9)14)18-12-8(11(15)16)2-1-5-17-12/h1-6H,(H3,15,16). The molecule has 0 aliphatic heterocycles. The third kappa shape index (κ3) is 2.57. The van der Waals surface area contributed by atoms with Crippen LogP contribution in [0.3, 0.4) is 0 Å². The third-order valence-corrected chi connectivity index (χ3v) is 2.47. The van der Waals surface area contributed by atoms with Crippen LogP contribution in [0.1, 0.15) is 5.56 Å². The van der Waals surface area contributed by atoms with Crippen molar-refractivity contribution in [3.8, 4) is 11.6 Å². The molecule has 0 aliphatic rings. The number of benzene rings is 1. The van der Waals surface area contributed by atoms with Gasteiger partial charge in [0.05, 0.1) is 10.6 Å². The molecule has 0 radical (unpaired) electrons. The molecule has 0 aliphatic carbocycles. The zero-order chi connectivity index (χ0) is 13.1. The van der Waals surface area contributed by atoms with E-state index in [1.807, 2.05) is 0 Å². The van der Waals surface area contributed by atoms with Crippen molar-refractivity contribution in [1.29, 1.82) is 5.41 Å². The molecule has 0 spiro atoms. The first-order valence-electron chi connectivity index (χ1n) is 5.00. The maximum atomic E-state index is 13.2. The lowest BCUT2D eigenvalue weighted by Crippen LogP contribution is -2.12. The van der Waals surface area contributed by atoms with E-state index in [-0.39, 0.29) is 22.5 Å². The fraction of sp³-hybridized carbons (Fsp3) is 0. The highest BCUT2D eigenvalue weighted by Crippen LogP contribution is 2.26. The minimum Gasteiger partial charge on any atom is -0.438 e. The van der Waals surface area contributed by atoms with E-state index in [0.717, 1.165) is 6.07 Å². The molecular weight excluding hydrogens is 257 g/mol. The Kier molecular flexibility index (Phi) is 3.43. The third-order valence-electron chi connectivity index (χ3n) is 2.17. The molecule has 1 heterocycles. The Hall–Kier alpha value is -2.14. The lowest BCUT2D eigenvalue weighted by molar-refractivity contribution is 0.457. The van der Waals surface area contributed by atoms with E-state index in [9.17, 15) is 4.39 Å². The van der Waals surface area contributed by atoms with Crippen molar-refractivity contribution in [2.75, 3.05) is 0 Å². The SMILES string of the molecule is N=C(N)c1cccnc1Oc1ccc(Cl)c(F)c1. The number of halogens is 2. The summed E-state index contributed by atoms with van der Waals surface area (Å²) in [6, 6.07) is 7.25. The van der Waals surface area contributed by atoms with Crippen molar-refractivity contribution in [3.05, 3.63) is 52.9 Å². The fourth-order valence-electron chi connectivity index (χ4n) is 1.33. The van der Waals surface area contributed by atoms with Gasteiger partial charge in [0.15, 0.2) is 0 Å². The number of aromatic nitrogens is 1. The van der Waals surface area contributed by atoms with Gasteiger partial charge in [-0.25, -0.2) is 9.37 Å². The van der Waals surface area contributed by atoms with Gasteiger partial charge in [-0.2, -0.15) is 0 Å². The largest absolute Gasteiger partial charge is 0.438 e. The van der Waals surface area contributed by atoms with Gasteiger partial charge in [0.1, 0.15) is 17.4 Å². The molecule has 3 N–H and O–H groups in total. The highest BCUT2D eigenvalue weighted by molar-refractivity contribution is 6.30. The molecule has 1 aromatic heterocycles. The zero-order valence-electron chi connectivity index (χ0n) is 9.15. The summed E-state index contributed by atoms with van der Waals surface area (Å²) in [5, 5.41) is 7.39. The van der Waals surface area contributed by atoms with Gasteiger partial charge in [-0.05, 0) is 24.3 Å². The number of nitrogens with zero attached hydrogens (tertiary/aromatic N) is 1. The molecule has 0 atom stereocenters. The Morgan fingerprint density at radius 1 is 1.39 bits per heavy atom. The Bertz CT molecular complexity index is 604. The van der Waals surface area contributed by atoms with Gasteiger partial charge < -0.3 is 10.5 Å². The van der Waals surface area contributed by atoms with Crippen LogP contribution < -0.4 is 10.5 Å². The predicted octanol–water partition coefficient (Wildman–Crippen LogP) is 2.95. The Morgan fingerprint density at radius 2 is 2.17 bits per heavy atom. The number of hydrogen-bond donors (Lipinski definition) is 2. The number of nitrogen functional groups attached to an aromatic ring is 1. The van der Waals surface area contributed by atoms with Crippen molar-refractivity contribution in [2.45, 2.75) is 0 Å². The van der Waals surface area contributed by atoms with Gasteiger partial charge in [-0.15, -0.1) is 0 Å². The maximum Gasteiger partial charge on any atom is 0.230 e. The van der Waals surface area contributed by atoms with Gasteiger partial charge in [-0.3, -0.25) is 5.41 Å². The summed E-state index contributed by atoms with van der Waals surface area (Å²) in [7, 11) is 0. The topological polar surface area (TPSA) is 72.0 Å². The first-order valence-corrected chi connectivity index (χ1v) is 5.38. The number of pyridine rings is 1. The molecule has 18 heavy (non-hydrogen) atoms. The molecule has 1 aromatic carbocycles. The summed E-state index contributed by atoms with van der Waals surface area (Å²) in [5.74, 6) is -0.383. The molecule has 2 aromatic rings. The van der Waals surface area contributed by atoms with E-state index in [0.29, 0.717) is 5.56 Å². The normalized spacial score (nSPS) is 10.1. The average Bonchev–Trinajstić information content (AvgIpc) is 2.34. The van der Waals surface area contributed by atoms with Gasteiger partial charge in [-0.1, -0.05) is 11.6 Å². The van der Waals surface area contributed by atoms with Crippen molar-refractivity contribution >= 4 is 17.4 Å². The molecule has 0 amide bonds. The van der Waals surface area contributed by atoms with Crippen molar-refractivity contribution in [2.24, 2.45) is 5.73 Å². The summed E-state index contributed by atoms with van der Waals surface area (Å²) in [6.07, 6.45) is 1.49. The smallest absolute Gasteiger partial charge is 0.230 e. The monoisotopic (exact) mass is 265 g/mol. The summed E-state index contributed by atoms with van der Waals surface area (Å²) in [4.78, 5) is 3.95. The van der Waals surface area contributed by atoms with E-state index in [4.69, 9.17) is 27.5 Å². The molecule has 0 saturated carbocycles. The molecule has 0 unspecified atom stereocenters. The van der Waals surface area contributed by atoms with Crippen LogP contribution in [0.15, 0.2) is 36.5 Å². The van der Waals surface area contributed by atoms with Crippen molar-refractivity contribution in [3.63, 3.8) is 0 Å². The summed E-state index contributed by atoms with van der Waals surface area (Å²) >= 11 is 5.57. The summed E-state index contributed by atoms with van der Waals surface area (Å²) < 4.78 is 18.6. The average molecular weight is 266 g/mol. The number of rotatable bonds is 3. The van der Waals surface area contributed by atoms with Gasteiger partial charge in [0.2, 0.25) is 5.88 Å². The summed E-state index contributed by atoms with van der Waals surface area (Å²) in [5.41, 5.74) is 5.73. The molecule has 0 saturated heterocycles. The number of amidine groups is 1. The predicted molar refractivity (Wildman–Crippen MR) is 66.7 cm³/mol. The van der Waals surface area contributed by atoms with E-state index in [2.05, 4.69) is 4.98 Å². The van der Waals surface area contributed by atoms with Crippen LogP contribution in [0.5, 0.6) is 11.6 Å². The second-order valence-electron chi connectivity index (χ2n) is 3.45. The molecule has 4 nitrogen and oxygen atoms in total. The molecule has 0 fully saturated rings. The lowest BCUT2D eigenvalue weighted by atomic mass is 10.2. The highest BCUT2D eigenvalue weighted by atomic mass is 35.5. The summed E-state index contributed by atoms with van der Waals surface area (Å²) in [6.45, 7) is 0. The first-order chi connectivity index (χ1) is 8.58. The van der Waals surface area contributed by atoms with Crippen LogP contribution in [0, 0.1) is 11.2 Å². The van der Waals surface area contributed by atoms with Crippen LogP contribution in [0.25, 0.3) is 0 Å². The number of nitrogens with one attached hydrogen (secondary N) is 1. The van der Waals surface area contributed by atoms with Crippen LogP contribution in [0.4, 0.5) is 4.39 Å². The van der Waals surface area contributed by atoms with Crippen LogP contribution in [0.2, 0.25) is 5.02 Å². The number of hydrogen-bond acceptors (Lipinski definition) is 3. The van der Waals surface area contributed by atoms with Crippen LogP contribution in [-0.2, 0) is 0 Å². The molecule has 6 heteroatoms. The maximum absolute atomic E-state index is 13.2. The van der Waals surface area contributed by atoms with Crippen LogP contribution >= 0.6 is 11.6 Å². The van der Waals surface area contributed by atoms with Crippen molar-refractivity contribution in [1.82, 2.24) is 4.98 Å². The van der Waals surface area contributed by atoms with E-state index >= 15 is 0 Å². The fourth-order valence-corrected chi connectivity index (χ4v) is 1.45. The Labute approximate surface area is 108 Å². The number of nitrogens with two attached hydrogens (primary N) is 1. The first kappa shape index (κ1) is 12.3. The number of ether oxygens (including phenoxy) is 1. The lowest BCUT2D eigenvalue weighted by Gasteiger charge is -2.08. The van der Waals surface area contributed by atoms with Crippen molar-refractivity contribution < 1.29 is 9.13 Å². The van der Waals surface area contributed by atoms with E-state index in [1.54, 1.807) is 12.1 Å². The minimum absolute atomic E-state index is 0.00941. The Morgan fingerprint density at radius 3 is 2.83 bits per heavy atom. The van der Waals surface area contributed by atoms with Gasteiger partial charge >= 0.3 is 0 Å². The molecular formula is C12H9ClFN3O. The molecule has 0 bridgehead atoms. The van der Waals surface area contributed by atoms with Gasteiger partial charge in [0.25, 0.3) is 0 Å². The molecule has 2 rings (SSSR count). The van der Waals surface area contributed by atoms with Gasteiger partial charge in [0, 0.05) is 12.3 Å². The minimum atomic E-state index is -0.588. The second-order valence-corrected chi connectivity index (χ2v) is 3.85. The highest BCUT2D eigenvalue weighted by Gasteiger charge is 2.09.